The first kappa shape index (κ1) is 20.9. The minimum Gasteiger partial charge on any atom is -0.404 e. The number of anilines is 2. The van der Waals surface area contributed by atoms with Crippen LogP contribution in [0.2, 0.25) is 0 Å². The normalized spacial score (nSPS) is 17.0. The Morgan fingerprint density at radius 1 is 1.07 bits per heavy atom. The number of halogens is 3. The van der Waals surface area contributed by atoms with Gasteiger partial charge < -0.3 is 14.8 Å². The van der Waals surface area contributed by atoms with Gasteiger partial charge in [0.2, 0.25) is 0 Å². The zero-order valence-corrected chi connectivity index (χ0v) is 15.7. The van der Waals surface area contributed by atoms with E-state index in [1.807, 2.05) is 0 Å². The van der Waals surface area contributed by atoms with Gasteiger partial charge in [-0.3, -0.25) is 9.52 Å². The topological polar surface area (TPSA) is 93.7 Å². The van der Waals surface area contributed by atoms with Crippen molar-refractivity contribution in [3.05, 3.63) is 48.5 Å². The predicted molar refractivity (Wildman–Crippen MR) is 98.0 cm³/mol. The number of para-hydroxylation sites is 1. The van der Waals surface area contributed by atoms with Crippen molar-refractivity contribution in [2.24, 2.45) is 0 Å². The molecule has 0 spiro atoms. The van der Waals surface area contributed by atoms with E-state index in [4.69, 9.17) is 4.74 Å². The molecule has 1 aliphatic heterocycles. The molecule has 1 fully saturated rings. The Hall–Kier alpha value is -2.79. The smallest absolute Gasteiger partial charge is 0.404 e. The quantitative estimate of drug-likeness (QED) is 0.732. The largest absolute Gasteiger partial charge is 0.573 e. The maximum absolute atomic E-state index is 12.5. The van der Waals surface area contributed by atoms with E-state index in [1.165, 1.54) is 36.4 Å². The van der Waals surface area contributed by atoms with Crippen LogP contribution >= 0.6 is 0 Å². The summed E-state index contributed by atoms with van der Waals surface area (Å²) in [5, 5.41) is 2.65. The minimum absolute atomic E-state index is 0.0990. The summed E-state index contributed by atoms with van der Waals surface area (Å²) in [6.45, 7) is 0.526. The predicted octanol–water partition coefficient (Wildman–Crippen LogP) is 3.50. The van der Waals surface area contributed by atoms with Gasteiger partial charge in [-0.15, -0.1) is 13.2 Å². The molecule has 2 aromatic rings. The molecule has 156 valence electrons. The van der Waals surface area contributed by atoms with Gasteiger partial charge in [-0.25, -0.2) is 8.42 Å². The van der Waals surface area contributed by atoms with Crippen LogP contribution in [0.5, 0.6) is 5.75 Å². The van der Waals surface area contributed by atoms with E-state index in [2.05, 4.69) is 14.8 Å². The Kier molecular flexibility index (Phi) is 5.99. The summed E-state index contributed by atoms with van der Waals surface area (Å²) in [7, 11) is -4.35. The van der Waals surface area contributed by atoms with Gasteiger partial charge in [0.1, 0.15) is 16.7 Å². The van der Waals surface area contributed by atoms with Crippen molar-refractivity contribution in [3.63, 3.8) is 0 Å². The SMILES string of the molecule is O=C(Nc1ccc(NS(=O)(=O)c2ccccc2OC(F)(F)F)cc1)[C@@H]1CCCO1. The number of carbonyl (C=O) groups excluding carboxylic acids is 1. The van der Waals surface area contributed by atoms with Crippen LogP contribution in [0.3, 0.4) is 0 Å². The van der Waals surface area contributed by atoms with Crippen molar-refractivity contribution in [1.82, 2.24) is 0 Å². The maximum atomic E-state index is 12.5. The fraction of sp³-hybridized carbons (Fsp3) is 0.278. The van der Waals surface area contributed by atoms with Crippen LogP contribution in [0, 0.1) is 0 Å². The highest BCUT2D eigenvalue weighted by Crippen LogP contribution is 2.30. The second-order valence-electron chi connectivity index (χ2n) is 6.17. The third-order valence-electron chi connectivity index (χ3n) is 3.99. The van der Waals surface area contributed by atoms with Gasteiger partial charge in [-0.2, -0.15) is 0 Å². The molecule has 1 atom stereocenters. The average molecular weight is 430 g/mol. The van der Waals surface area contributed by atoms with E-state index in [0.29, 0.717) is 18.7 Å². The van der Waals surface area contributed by atoms with E-state index < -0.39 is 33.1 Å². The van der Waals surface area contributed by atoms with Gasteiger partial charge >= 0.3 is 6.36 Å². The summed E-state index contributed by atoms with van der Waals surface area (Å²) in [6, 6.07) is 10.1. The third-order valence-corrected chi connectivity index (χ3v) is 5.41. The number of benzene rings is 2. The number of ether oxygens (including phenoxy) is 2. The number of sulfonamides is 1. The lowest BCUT2D eigenvalue weighted by molar-refractivity contribution is -0.275. The summed E-state index contributed by atoms with van der Waals surface area (Å²) in [6.07, 6.45) is -4.12. The van der Waals surface area contributed by atoms with E-state index >= 15 is 0 Å². The fourth-order valence-electron chi connectivity index (χ4n) is 2.72. The fourth-order valence-corrected chi connectivity index (χ4v) is 3.91. The standard InChI is InChI=1S/C18H17F3N2O5S/c19-18(20,21)28-14-4-1-2-6-16(14)29(25,26)23-13-9-7-12(8-10-13)22-17(24)15-5-3-11-27-15/h1-2,4,6-10,15,23H,3,5,11H2,(H,22,24)/t15-/m0/s1. The lowest BCUT2D eigenvalue weighted by Crippen LogP contribution is -2.26. The molecular weight excluding hydrogens is 413 g/mol. The highest BCUT2D eigenvalue weighted by atomic mass is 32.2. The van der Waals surface area contributed by atoms with Crippen LogP contribution in [-0.2, 0) is 19.6 Å². The second-order valence-corrected chi connectivity index (χ2v) is 7.82. The summed E-state index contributed by atoms with van der Waals surface area (Å²) < 4.78 is 73.8. The molecule has 7 nitrogen and oxygen atoms in total. The van der Waals surface area contributed by atoms with Gasteiger partial charge in [0, 0.05) is 18.0 Å². The number of alkyl halides is 3. The highest BCUT2D eigenvalue weighted by molar-refractivity contribution is 7.92. The van der Waals surface area contributed by atoms with Gasteiger partial charge in [0.15, 0.2) is 0 Å². The van der Waals surface area contributed by atoms with Crippen LogP contribution in [-0.4, -0.2) is 33.4 Å². The van der Waals surface area contributed by atoms with E-state index in [1.54, 1.807) is 0 Å². The summed E-state index contributed by atoms with van der Waals surface area (Å²) in [5.74, 6) is -1.14. The first-order valence-electron chi connectivity index (χ1n) is 8.54. The zero-order chi connectivity index (χ0) is 21.1. The van der Waals surface area contributed by atoms with Gasteiger partial charge in [-0.1, -0.05) is 12.1 Å². The summed E-state index contributed by atoms with van der Waals surface area (Å²) >= 11 is 0. The number of rotatable bonds is 6. The lowest BCUT2D eigenvalue weighted by Gasteiger charge is -2.15. The molecule has 0 radical (unpaired) electrons. The molecule has 29 heavy (non-hydrogen) atoms. The molecule has 11 heteroatoms. The van der Waals surface area contributed by atoms with Crippen LogP contribution in [0.15, 0.2) is 53.4 Å². The Bertz CT molecular complexity index is 972. The lowest BCUT2D eigenvalue weighted by atomic mass is 10.2. The molecule has 0 aliphatic carbocycles. The van der Waals surface area contributed by atoms with Crippen molar-refractivity contribution in [2.45, 2.75) is 30.2 Å². The van der Waals surface area contributed by atoms with Crippen LogP contribution in [0.1, 0.15) is 12.8 Å². The molecule has 0 saturated carbocycles. The minimum atomic E-state index is -5.03. The number of amides is 1. The second kappa shape index (κ2) is 8.29. The summed E-state index contributed by atoms with van der Waals surface area (Å²) in [5.41, 5.74) is 0.524. The van der Waals surface area contributed by atoms with E-state index in [-0.39, 0.29) is 11.6 Å². The van der Waals surface area contributed by atoms with Crippen molar-refractivity contribution in [1.29, 1.82) is 0 Å². The molecule has 2 aromatic carbocycles. The van der Waals surface area contributed by atoms with Crippen molar-refractivity contribution < 1.29 is 35.9 Å². The molecule has 1 amide bonds. The molecule has 0 aromatic heterocycles. The van der Waals surface area contributed by atoms with Gasteiger partial charge in [-0.05, 0) is 49.2 Å². The molecule has 1 aliphatic rings. The molecule has 1 saturated heterocycles. The summed E-state index contributed by atoms with van der Waals surface area (Å²) in [4.78, 5) is 11.4. The number of nitrogens with one attached hydrogen (secondary N) is 2. The number of hydrogen-bond acceptors (Lipinski definition) is 5. The number of carbonyl (C=O) groups is 1. The van der Waals surface area contributed by atoms with Crippen LogP contribution in [0.25, 0.3) is 0 Å². The Morgan fingerprint density at radius 2 is 1.72 bits per heavy atom. The van der Waals surface area contributed by atoms with Crippen molar-refractivity contribution in [2.75, 3.05) is 16.6 Å². The highest BCUT2D eigenvalue weighted by Gasteiger charge is 2.34. The monoisotopic (exact) mass is 430 g/mol. The molecule has 3 rings (SSSR count). The first-order chi connectivity index (χ1) is 13.6. The van der Waals surface area contributed by atoms with Crippen molar-refractivity contribution >= 4 is 27.3 Å². The zero-order valence-electron chi connectivity index (χ0n) is 14.9. The Morgan fingerprint density at radius 3 is 2.34 bits per heavy atom. The Balaban J connectivity index is 1.72. The van der Waals surface area contributed by atoms with Crippen LogP contribution in [0.4, 0.5) is 24.5 Å². The third kappa shape index (κ3) is 5.61. The molecule has 1 heterocycles. The van der Waals surface area contributed by atoms with Gasteiger partial charge in [0.25, 0.3) is 15.9 Å². The molecule has 2 N–H and O–H groups in total. The van der Waals surface area contributed by atoms with Crippen molar-refractivity contribution in [3.8, 4) is 5.75 Å². The Labute approximate surface area is 164 Å². The first-order valence-corrected chi connectivity index (χ1v) is 10.0. The van der Waals surface area contributed by atoms with Crippen LogP contribution < -0.4 is 14.8 Å². The average Bonchev–Trinajstić information content (AvgIpc) is 3.17. The molecule has 0 bridgehead atoms. The molecular formula is C18H17F3N2O5S. The van der Waals surface area contributed by atoms with Gasteiger partial charge in [0.05, 0.1) is 0 Å². The molecule has 0 unspecified atom stereocenters. The van der Waals surface area contributed by atoms with E-state index in [9.17, 15) is 26.4 Å². The maximum Gasteiger partial charge on any atom is 0.573 e. The van der Waals surface area contributed by atoms with E-state index in [0.717, 1.165) is 18.6 Å². The number of hydrogen-bond donors (Lipinski definition) is 2.